The molecule has 0 heterocycles. The molecule has 0 aliphatic carbocycles. The van der Waals surface area contributed by atoms with Crippen LogP contribution in [0.3, 0.4) is 0 Å². The lowest BCUT2D eigenvalue weighted by molar-refractivity contribution is 0.252. The molecule has 0 saturated heterocycles. The Balaban J connectivity index is 2.87. The summed E-state index contributed by atoms with van der Waals surface area (Å²) in [5, 5.41) is 0. The third-order valence-electron chi connectivity index (χ3n) is 1.43. The highest BCUT2D eigenvalue weighted by molar-refractivity contribution is 7.80. The maximum Gasteiger partial charge on any atom is 0.206 e. The van der Waals surface area contributed by atoms with Crippen LogP contribution in [0.5, 0.6) is 0 Å². The van der Waals surface area contributed by atoms with Crippen molar-refractivity contribution < 1.29 is 8.49 Å². The third-order valence-corrected chi connectivity index (χ3v) is 2.57. The standard InChI is InChI=1S/C8H11NO2S/c1-7-5-3-4-6-8(7)12(10)11-9-2/h3-6,9H,1-2H3. The Bertz CT molecular complexity index is 288. The maximum absolute atomic E-state index is 11.3. The zero-order chi connectivity index (χ0) is 8.97. The number of nitrogens with one attached hydrogen (secondary N) is 1. The second kappa shape index (κ2) is 4.35. The van der Waals surface area contributed by atoms with Gasteiger partial charge in [-0.05, 0) is 18.6 Å². The Kier molecular flexibility index (Phi) is 3.40. The number of hydrogen-bond donors (Lipinski definition) is 1. The van der Waals surface area contributed by atoms with E-state index in [-0.39, 0.29) is 0 Å². The number of hydroxylamine groups is 1. The van der Waals surface area contributed by atoms with Crippen LogP contribution >= 0.6 is 0 Å². The van der Waals surface area contributed by atoms with Gasteiger partial charge in [-0.3, -0.25) is 0 Å². The summed E-state index contributed by atoms with van der Waals surface area (Å²) in [6.45, 7) is 1.90. The summed E-state index contributed by atoms with van der Waals surface area (Å²) in [4.78, 5) is 0.701. The van der Waals surface area contributed by atoms with E-state index in [0.717, 1.165) is 5.56 Å². The van der Waals surface area contributed by atoms with Gasteiger partial charge in [0, 0.05) is 7.05 Å². The molecule has 0 aromatic heterocycles. The first-order valence-corrected chi connectivity index (χ1v) is 4.64. The van der Waals surface area contributed by atoms with Crippen LogP contribution in [0.1, 0.15) is 5.56 Å². The predicted molar refractivity (Wildman–Crippen MR) is 47.7 cm³/mol. The zero-order valence-corrected chi connectivity index (χ0v) is 7.85. The van der Waals surface area contributed by atoms with Gasteiger partial charge in [0.1, 0.15) is 0 Å². The largest absolute Gasteiger partial charge is 0.223 e. The van der Waals surface area contributed by atoms with Crippen LogP contribution in [-0.4, -0.2) is 11.3 Å². The molecule has 4 heteroatoms. The summed E-state index contributed by atoms with van der Waals surface area (Å²) in [5.41, 5.74) is 3.36. The number of benzene rings is 1. The first-order chi connectivity index (χ1) is 5.75. The maximum atomic E-state index is 11.3. The molecule has 66 valence electrons. The Hall–Kier alpha value is -0.710. The molecule has 12 heavy (non-hydrogen) atoms. The van der Waals surface area contributed by atoms with Crippen molar-refractivity contribution in [3.05, 3.63) is 29.8 Å². The van der Waals surface area contributed by atoms with E-state index in [4.69, 9.17) is 4.28 Å². The first kappa shape index (κ1) is 9.38. The van der Waals surface area contributed by atoms with Gasteiger partial charge in [0.05, 0.1) is 4.90 Å². The van der Waals surface area contributed by atoms with Gasteiger partial charge < -0.3 is 0 Å². The number of rotatable bonds is 3. The van der Waals surface area contributed by atoms with E-state index in [2.05, 4.69) is 5.48 Å². The van der Waals surface area contributed by atoms with Gasteiger partial charge >= 0.3 is 0 Å². The molecule has 0 aliphatic rings. The highest BCUT2D eigenvalue weighted by Gasteiger charge is 2.05. The Labute approximate surface area is 74.4 Å². The van der Waals surface area contributed by atoms with Crippen molar-refractivity contribution in [1.82, 2.24) is 5.48 Å². The minimum Gasteiger partial charge on any atom is -0.223 e. The van der Waals surface area contributed by atoms with E-state index in [1.807, 2.05) is 25.1 Å². The Morgan fingerprint density at radius 3 is 2.67 bits per heavy atom. The molecule has 0 spiro atoms. The van der Waals surface area contributed by atoms with Crippen LogP contribution in [0.15, 0.2) is 29.2 Å². The fraction of sp³-hybridized carbons (Fsp3) is 0.250. The fourth-order valence-corrected chi connectivity index (χ4v) is 1.63. The van der Waals surface area contributed by atoms with Crippen LogP contribution in [-0.2, 0) is 15.4 Å². The highest BCUT2D eigenvalue weighted by atomic mass is 32.2. The molecule has 0 radical (unpaired) electrons. The molecule has 1 aromatic carbocycles. The minimum absolute atomic E-state index is 0.701. The molecule has 0 saturated carbocycles. The lowest BCUT2D eigenvalue weighted by Gasteiger charge is -2.03. The van der Waals surface area contributed by atoms with Gasteiger partial charge in [-0.1, -0.05) is 18.2 Å². The molecule has 1 atom stereocenters. The molecular weight excluding hydrogens is 174 g/mol. The molecule has 0 bridgehead atoms. The van der Waals surface area contributed by atoms with Gasteiger partial charge in [-0.15, -0.1) is 0 Å². The van der Waals surface area contributed by atoms with Crippen molar-refractivity contribution in [2.45, 2.75) is 11.8 Å². The van der Waals surface area contributed by atoms with E-state index >= 15 is 0 Å². The molecule has 1 unspecified atom stereocenters. The van der Waals surface area contributed by atoms with Gasteiger partial charge in [0.15, 0.2) is 0 Å². The van der Waals surface area contributed by atoms with Crippen LogP contribution in [0, 0.1) is 6.92 Å². The van der Waals surface area contributed by atoms with Crippen LogP contribution in [0.2, 0.25) is 0 Å². The van der Waals surface area contributed by atoms with E-state index in [1.165, 1.54) is 0 Å². The molecule has 1 aromatic rings. The van der Waals surface area contributed by atoms with E-state index < -0.39 is 11.1 Å². The summed E-state index contributed by atoms with van der Waals surface area (Å²) >= 11 is -1.41. The van der Waals surface area contributed by atoms with Crippen LogP contribution in [0.4, 0.5) is 0 Å². The average molecular weight is 185 g/mol. The van der Waals surface area contributed by atoms with Crippen molar-refractivity contribution in [3.63, 3.8) is 0 Å². The van der Waals surface area contributed by atoms with Gasteiger partial charge in [0.2, 0.25) is 11.1 Å². The Morgan fingerprint density at radius 2 is 2.08 bits per heavy atom. The summed E-state index contributed by atoms with van der Waals surface area (Å²) in [7, 11) is 1.58. The van der Waals surface area contributed by atoms with Gasteiger partial charge in [-0.2, -0.15) is 9.76 Å². The lowest BCUT2D eigenvalue weighted by atomic mass is 10.2. The fourth-order valence-electron chi connectivity index (χ4n) is 0.864. The summed E-state index contributed by atoms with van der Waals surface area (Å²) < 4.78 is 16.0. The third kappa shape index (κ3) is 2.14. The first-order valence-electron chi connectivity index (χ1n) is 3.57. The quantitative estimate of drug-likeness (QED) is 0.718. The second-order valence-corrected chi connectivity index (χ2v) is 3.36. The van der Waals surface area contributed by atoms with E-state index in [9.17, 15) is 4.21 Å². The molecule has 0 amide bonds. The SMILES string of the molecule is CNOS(=O)c1ccccc1C. The predicted octanol–water partition coefficient (Wildman–Crippen LogP) is 1.17. The lowest BCUT2D eigenvalue weighted by Crippen LogP contribution is -2.10. The highest BCUT2D eigenvalue weighted by Crippen LogP contribution is 2.11. The van der Waals surface area contributed by atoms with Crippen molar-refractivity contribution in [2.24, 2.45) is 0 Å². The van der Waals surface area contributed by atoms with Crippen LogP contribution in [0.25, 0.3) is 0 Å². The van der Waals surface area contributed by atoms with E-state index in [1.54, 1.807) is 13.1 Å². The topological polar surface area (TPSA) is 38.3 Å². The van der Waals surface area contributed by atoms with Crippen LogP contribution < -0.4 is 5.48 Å². The number of aryl methyl sites for hydroxylation is 1. The van der Waals surface area contributed by atoms with Gasteiger partial charge in [-0.25, -0.2) is 4.21 Å². The molecular formula is C8H11NO2S. The van der Waals surface area contributed by atoms with Crippen molar-refractivity contribution in [3.8, 4) is 0 Å². The van der Waals surface area contributed by atoms with Gasteiger partial charge in [0.25, 0.3) is 0 Å². The summed E-state index contributed by atoms with van der Waals surface area (Å²) in [6.07, 6.45) is 0. The number of hydrogen-bond acceptors (Lipinski definition) is 3. The Morgan fingerprint density at radius 1 is 1.42 bits per heavy atom. The minimum atomic E-state index is -1.41. The summed E-state index contributed by atoms with van der Waals surface area (Å²) in [5.74, 6) is 0. The van der Waals surface area contributed by atoms with Crippen molar-refractivity contribution in [2.75, 3.05) is 7.05 Å². The summed E-state index contributed by atoms with van der Waals surface area (Å²) in [6, 6.07) is 7.41. The molecule has 0 fully saturated rings. The zero-order valence-electron chi connectivity index (χ0n) is 7.03. The molecule has 0 aliphatic heterocycles. The van der Waals surface area contributed by atoms with Crippen molar-refractivity contribution in [1.29, 1.82) is 0 Å². The molecule has 1 rings (SSSR count). The van der Waals surface area contributed by atoms with Crippen molar-refractivity contribution >= 4 is 11.1 Å². The normalized spacial score (nSPS) is 12.8. The second-order valence-electron chi connectivity index (χ2n) is 2.29. The monoisotopic (exact) mass is 185 g/mol. The average Bonchev–Trinajstić information content (AvgIpc) is 2.05. The smallest absolute Gasteiger partial charge is 0.206 e. The molecule has 1 N–H and O–H groups in total. The van der Waals surface area contributed by atoms with E-state index in [0.29, 0.717) is 4.90 Å². The molecule has 3 nitrogen and oxygen atoms in total.